The monoisotopic (exact) mass is 468 g/mol. The second-order valence-corrected chi connectivity index (χ2v) is 10.1. The summed E-state index contributed by atoms with van der Waals surface area (Å²) in [6.07, 6.45) is 6.13. The molecular weight excluding hydrogens is 428 g/mol. The van der Waals surface area contributed by atoms with Crippen LogP contribution in [0.3, 0.4) is 0 Å². The number of carbonyl (C=O) groups is 1. The van der Waals surface area contributed by atoms with Crippen molar-refractivity contribution in [3.8, 4) is 0 Å². The third-order valence-corrected chi connectivity index (χ3v) is 7.48. The van der Waals surface area contributed by atoms with E-state index in [1.165, 1.54) is 29.5 Å². The number of nitrogens with zero attached hydrogens (tertiary/aromatic N) is 1. The Hall–Kier alpha value is -2.75. The van der Waals surface area contributed by atoms with Gasteiger partial charge in [0.15, 0.2) is 5.78 Å². The average Bonchev–Trinajstić information content (AvgIpc) is 2.91. The smallest absolute Gasteiger partial charge is 0.162 e. The second kappa shape index (κ2) is 13.4. The Labute approximate surface area is 211 Å². The molecule has 1 unspecified atom stereocenters. The zero-order valence-electron chi connectivity index (χ0n) is 21.2. The highest BCUT2D eigenvalue weighted by Crippen LogP contribution is 2.27. The maximum absolute atomic E-state index is 13.1. The highest BCUT2D eigenvalue weighted by molar-refractivity contribution is 5.96. The topological polar surface area (TPSA) is 32.3 Å². The molecule has 0 aliphatic carbocycles. The van der Waals surface area contributed by atoms with E-state index in [1.54, 1.807) is 0 Å². The van der Waals surface area contributed by atoms with Gasteiger partial charge in [-0.15, -0.1) is 0 Å². The van der Waals surface area contributed by atoms with E-state index in [-0.39, 0.29) is 0 Å². The molecule has 35 heavy (non-hydrogen) atoms. The first-order valence-electron chi connectivity index (χ1n) is 13.3. The Morgan fingerprint density at radius 2 is 1.60 bits per heavy atom. The van der Waals surface area contributed by atoms with Crippen LogP contribution in [0.1, 0.15) is 65.1 Å². The number of Topliss-reactive ketones (excluding diaryl/α,β-unsaturated/α-hetero) is 1. The number of nitrogens with one attached hydrogen (secondary N) is 1. The Morgan fingerprint density at radius 3 is 2.29 bits per heavy atom. The summed E-state index contributed by atoms with van der Waals surface area (Å²) in [5.41, 5.74) is 4.90. The predicted octanol–water partition coefficient (Wildman–Crippen LogP) is 6.50. The average molecular weight is 469 g/mol. The number of hydrogen-bond acceptors (Lipinski definition) is 3. The molecule has 3 aromatic rings. The quantitative estimate of drug-likeness (QED) is 0.308. The normalized spacial score (nSPS) is 15.7. The summed E-state index contributed by atoms with van der Waals surface area (Å²) in [4.78, 5) is 15.7. The minimum Gasteiger partial charge on any atom is -0.320 e. The molecule has 1 saturated heterocycles. The zero-order valence-corrected chi connectivity index (χ0v) is 21.2. The van der Waals surface area contributed by atoms with Gasteiger partial charge in [0.25, 0.3) is 0 Å². The van der Waals surface area contributed by atoms with Crippen LogP contribution in [0.5, 0.6) is 0 Å². The van der Waals surface area contributed by atoms with Gasteiger partial charge in [-0.25, -0.2) is 0 Å². The molecule has 4 rings (SSSR count). The SMILES string of the molecule is CNCCC(Cc1ccccc1)c1cccc(C(=O)CCC2CCN(Cc3ccccc3)CC2)c1. The molecule has 0 aromatic heterocycles. The van der Waals surface area contributed by atoms with Crippen LogP contribution in [0, 0.1) is 5.92 Å². The maximum Gasteiger partial charge on any atom is 0.162 e. The van der Waals surface area contributed by atoms with Crippen LogP contribution in [0.25, 0.3) is 0 Å². The Bertz CT molecular complexity index is 1030. The fourth-order valence-electron chi connectivity index (χ4n) is 5.32. The first-order chi connectivity index (χ1) is 17.2. The van der Waals surface area contributed by atoms with Crippen LogP contribution in [0.4, 0.5) is 0 Å². The van der Waals surface area contributed by atoms with Gasteiger partial charge in [0, 0.05) is 18.5 Å². The van der Waals surface area contributed by atoms with Crippen molar-refractivity contribution in [1.82, 2.24) is 10.2 Å². The lowest BCUT2D eigenvalue weighted by atomic mass is 9.87. The summed E-state index contributed by atoms with van der Waals surface area (Å²) in [6.45, 7) is 4.28. The zero-order chi connectivity index (χ0) is 24.3. The molecule has 0 saturated carbocycles. The van der Waals surface area contributed by atoms with Crippen molar-refractivity contribution < 1.29 is 4.79 Å². The van der Waals surface area contributed by atoms with Gasteiger partial charge in [-0.05, 0) is 93.4 Å². The molecule has 0 bridgehead atoms. The van der Waals surface area contributed by atoms with E-state index in [0.29, 0.717) is 24.0 Å². The minimum atomic E-state index is 0.297. The molecule has 1 fully saturated rings. The molecule has 0 spiro atoms. The molecule has 184 valence electrons. The summed E-state index contributed by atoms with van der Waals surface area (Å²) in [5.74, 6) is 1.37. The summed E-state index contributed by atoms with van der Waals surface area (Å²) >= 11 is 0. The largest absolute Gasteiger partial charge is 0.320 e. The number of likely N-dealkylation sites (tertiary alicyclic amines) is 1. The molecule has 3 heteroatoms. The number of benzene rings is 3. The molecule has 3 aromatic carbocycles. The van der Waals surface area contributed by atoms with Crippen LogP contribution in [0.15, 0.2) is 84.9 Å². The Morgan fingerprint density at radius 1 is 0.914 bits per heavy atom. The van der Waals surface area contributed by atoms with E-state index in [0.717, 1.165) is 51.0 Å². The highest BCUT2D eigenvalue weighted by Gasteiger charge is 2.21. The van der Waals surface area contributed by atoms with Crippen molar-refractivity contribution in [2.75, 3.05) is 26.7 Å². The third kappa shape index (κ3) is 7.88. The summed E-state index contributed by atoms with van der Waals surface area (Å²) in [7, 11) is 2.01. The summed E-state index contributed by atoms with van der Waals surface area (Å²) in [6, 6.07) is 29.9. The number of rotatable bonds is 12. The molecule has 0 radical (unpaired) electrons. The van der Waals surface area contributed by atoms with Gasteiger partial charge in [0.2, 0.25) is 0 Å². The van der Waals surface area contributed by atoms with E-state index in [2.05, 4.69) is 89.1 Å². The molecule has 1 aliphatic rings. The number of hydrogen-bond donors (Lipinski definition) is 1. The molecular formula is C32H40N2O. The van der Waals surface area contributed by atoms with Crippen LogP contribution in [0.2, 0.25) is 0 Å². The summed E-state index contributed by atoms with van der Waals surface area (Å²) in [5, 5.41) is 3.29. The molecule has 0 amide bonds. The highest BCUT2D eigenvalue weighted by atomic mass is 16.1. The van der Waals surface area contributed by atoms with Gasteiger partial charge in [-0.3, -0.25) is 9.69 Å². The second-order valence-electron chi connectivity index (χ2n) is 10.1. The number of ketones is 1. The van der Waals surface area contributed by atoms with E-state index < -0.39 is 0 Å². The van der Waals surface area contributed by atoms with Crippen LogP contribution in [-0.4, -0.2) is 37.4 Å². The van der Waals surface area contributed by atoms with Crippen molar-refractivity contribution in [3.05, 3.63) is 107 Å². The van der Waals surface area contributed by atoms with E-state index in [9.17, 15) is 4.79 Å². The minimum absolute atomic E-state index is 0.297. The van der Waals surface area contributed by atoms with Gasteiger partial charge in [-0.2, -0.15) is 0 Å². The van der Waals surface area contributed by atoms with Crippen molar-refractivity contribution in [2.24, 2.45) is 5.92 Å². The first kappa shape index (κ1) is 25.3. The lowest BCUT2D eigenvalue weighted by Gasteiger charge is -2.32. The van der Waals surface area contributed by atoms with Crippen LogP contribution in [-0.2, 0) is 13.0 Å². The van der Waals surface area contributed by atoms with Crippen LogP contribution < -0.4 is 5.32 Å². The van der Waals surface area contributed by atoms with Gasteiger partial charge in [0.1, 0.15) is 0 Å². The van der Waals surface area contributed by atoms with Crippen molar-refractivity contribution in [2.45, 2.75) is 51.0 Å². The lowest BCUT2D eigenvalue weighted by Crippen LogP contribution is -2.33. The van der Waals surface area contributed by atoms with Gasteiger partial charge >= 0.3 is 0 Å². The van der Waals surface area contributed by atoms with Crippen molar-refractivity contribution >= 4 is 5.78 Å². The van der Waals surface area contributed by atoms with E-state index >= 15 is 0 Å². The number of carbonyl (C=O) groups excluding carboxylic acids is 1. The van der Waals surface area contributed by atoms with Gasteiger partial charge in [0.05, 0.1) is 0 Å². The predicted molar refractivity (Wildman–Crippen MR) is 146 cm³/mol. The van der Waals surface area contributed by atoms with Gasteiger partial charge < -0.3 is 5.32 Å². The Balaban J connectivity index is 1.29. The first-order valence-corrected chi connectivity index (χ1v) is 13.3. The van der Waals surface area contributed by atoms with Gasteiger partial charge in [-0.1, -0.05) is 78.9 Å². The standard InChI is InChI=1S/C32H40N2O/c1-33-20-17-30(23-27-9-4-2-5-10-27)29-13-8-14-31(24-29)32(35)16-15-26-18-21-34(22-19-26)25-28-11-6-3-7-12-28/h2-14,24,26,30,33H,15-23,25H2,1H3. The van der Waals surface area contributed by atoms with Crippen molar-refractivity contribution in [3.63, 3.8) is 0 Å². The molecule has 1 N–H and O–H groups in total. The fraction of sp³-hybridized carbons (Fsp3) is 0.406. The maximum atomic E-state index is 13.1. The van der Waals surface area contributed by atoms with Crippen molar-refractivity contribution in [1.29, 1.82) is 0 Å². The molecule has 1 heterocycles. The van der Waals surface area contributed by atoms with E-state index in [4.69, 9.17) is 0 Å². The molecule has 1 aliphatic heterocycles. The molecule has 1 atom stereocenters. The summed E-state index contributed by atoms with van der Waals surface area (Å²) < 4.78 is 0. The third-order valence-electron chi connectivity index (χ3n) is 7.48. The van der Waals surface area contributed by atoms with Crippen LogP contribution >= 0.6 is 0 Å². The fourth-order valence-corrected chi connectivity index (χ4v) is 5.32. The molecule has 3 nitrogen and oxygen atoms in total. The van der Waals surface area contributed by atoms with E-state index in [1.807, 2.05) is 13.1 Å². The lowest BCUT2D eigenvalue weighted by molar-refractivity contribution is 0.0961. The Kier molecular flexibility index (Phi) is 9.68. The number of piperidine rings is 1.